The highest BCUT2D eigenvalue weighted by Gasteiger charge is 2.20. The molecule has 3 heterocycles. The lowest BCUT2D eigenvalue weighted by molar-refractivity contribution is 0.547. The summed E-state index contributed by atoms with van der Waals surface area (Å²) in [4.78, 5) is 4.36. The topological polar surface area (TPSA) is 64.5 Å². The number of fused-ring (bicyclic) bond motifs is 1. The second-order valence-electron chi connectivity index (χ2n) is 9.30. The van der Waals surface area contributed by atoms with Crippen molar-refractivity contribution in [2.45, 2.75) is 91.9 Å². The third-order valence-corrected chi connectivity index (χ3v) is 6.29. The van der Waals surface area contributed by atoms with Crippen LogP contribution >= 0.6 is 0 Å². The maximum absolute atomic E-state index is 4.62. The molecule has 0 aromatic carbocycles. The molecule has 3 aromatic rings. The number of hydrogen-bond acceptors (Lipinski definition) is 5. The van der Waals surface area contributed by atoms with Crippen LogP contribution in [0.2, 0.25) is 0 Å². The van der Waals surface area contributed by atoms with Gasteiger partial charge in [-0.05, 0) is 55.7 Å². The number of pyridine rings is 1. The second kappa shape index (κ2) is 9.15. The molecule has 3 aromatic heterocycles. The highest BCUT2D eigenvalue weighted by Crippen LogP contribution is 2.33. The van der Waals surface area contributed by atoms with Gasteiger partial charge in [0.2, 0.25) is 0 Å². The van der Waals surface area contributed by atoms with Crippen LogP contribution in [0, 0.1) is 13.8 Å². The van der Waals surface area contributed by atoms with Gasteiger partial charge in [-0.25, -0.2) is 0 Å². The molecule has 0 fully saturated rings. The van der Waals surface area contributed by atoms with Gasteiger partial charge in [-0.1, -0.05) is 41.5 Å². The lowest BCUT2D eigenvalue weighted by Crippen LogP contribution is -2.10. The molecule has 160 valence electrons. The van der Waals surface area contributed by atoms with Crippen molar-refractivity contribution in [3.05, 3.63) is 52.4 Å². The third kappa shape index (κ3) is 4.35. The Morgan fingerprint density at radius 1 is 0.633 bits per heavy atom. The van der Waals surface area contributed by atoms with E-state index in [0.29, 0.717) is 23.7 Å². The normalized spacial score (nSPS) is 13.9. The highest BCUT2D eigenvalue weighted by molar-refractivity contribution is 5.86. The predicted molar refractivity (Wildman–Crippen MR) is 123 cm³/mol. The van der Waals surface area contributed by atoms with E-state index in [9.17, 15) is 0 Å². The van der Waals surface area contributed by atoms with Crippen LogP contribution < -0.4 is 0 Å². The molecule has 0 spiro atoms. The molecular formula is C25H35N5. The zero-order valence-corrected chi connectivity index (χ0v) is 19.7. The first-order valence-electron chi connectivity index (χ1n) is 11.2. The zero-order valence-electron chi connectivity index (χ0n) is 19.7. The fourth-order valence-electron chi connectivity index (χ4n) is 4.26. The first-order valence-corrected chi connectivity index (χ1v) is 11.2. The first kappa shape index (κ1) is 22.3. The standard InChI is InChI=1S/C25H35N5/c1-14(2)22-18(7)19(8)24(29-27-22)16(5)9-10-17(6)25-21-13-26-12-11-20(21)23(15(3)4)28-30-25/h11-17H,9-10H2,1-8H3. The fourth-order valence-corrected chi connectivity index (χ4v) is 4.26. The lowest BCUT2D eigenvalue weighted by atomic mass is 9.89. The Labute approximate surface area is 180 Å². The summed E-state index contributed by atoms with van der Waals surface area (Å²) in [5, 5.41) is 20.6. The van der Waals surface area contributed by atoms with E-state index in [0.717, 1.165) is 41.0 Å². The van der Waals surface area contributed by atoms with Crippen LogP contribution in [-0.2, 0) is 0 Å². The molecule has 0 radical (unpaired) electrons. The molecule has 0 saturated heterocycles. The van der Waals surface area contributed by atoms with Gasteiger partial charge in [0.15, 0.2) is 0 Å². The van der Waals surface area contributed by atoms with E-state index in [1.807, 2.05) is 12.4 Å². The van der Waals surface area contributed by atoms with Gasteiger partial charge in [-0.2, -0.15) is 20.4 Å². The van der Waals surface area contributed by atoms with Gasteiger partial charge in [0, 0.05) is 35.0 Å². The van der Waals surface area contributed by atoms with Crippen molar-refractivity contribution >= 4 is 10.8 Å². The molecule has 3 rings (SSSR count). The van der Waals surface area contributed by atoms with E-state index in [4.69, 9.17) is 0 Å². The highest BCUT2D eigenvalue weighted by atomic mass is 15.1. The SMILES string of the molecule is Cc1c(C(C)C)nnc(C(C)CCC(C)c2nnc(C(C)C)c3ccncc23)c1C. The molecular weight excluding hydrogens is 370 g/mol. The fraction of sp³-hybridized carbons (Fsp3) is 0.560. The summed E-state index contributed by atoms with van der Waals surface area (Å²) in [5.41, 5.74) is 6.88. The van der Waals surface area contributed by atoms with Crippen LogP contribution in [0.5, 0.6) is 0 Å². The predicted octanol–water partition coefficient (Wildman–Crippen LogP) is 6.37. The van der Waals surface area contributed by atoms with E-state index >= 15 is 0 Å². The molecule has 2 unspecified atom stereocenters. The van der Waals surface area contributed by atoms with Crippen LogP contribution in [0.15, 0.2) is 18.5 Å². The summed E-state index contributed by atoms with van der Waals surface area (Å²) in [6.45, 7) is 17.5. The molecule has 0 aliphatic carbocycles. The second-order valence-corrected chi connectivity index (χ2v) is 9.30. The summed E-state index contributed by atoms with van der Waals surface area (Å²) in [5.74, 6) is 1.39. The van der Waals surface area contributed by atoms with Crippen LogP contribution in [-0.4, -0.2) is 25.4 Å². The summed E-state index contributed by atoms with van der Waals surface area (Å²) in [6, 6.07) is 2.07. The Kier molecular flexibility index (Phi) is 6.79. The van der Waals surface area contributed by atoms with E-state index in [-0.39, 0.29) is 0 Å². The summed E-state index contributed by atoms with van der Waals surface area (Å²) in [7, 11) is 0. The maximum atomic E-state index is 4.62. The van der Waals surface area contributed by atoms with Gasteiger partial charge >= 0.3 is 0 Å². The molecule has 0 N–H and O–H groups in total. The largest absolute Gasteiger partial charge is 0.264 e. The maximum Gasteiger partial charge on any atom is 0.0753 e. The van der Waals surface area contributed by atoms with Crippen LogP contribution in [0.4, 0.5) is 0 Å². The minimum absolute atomic E-state index is 0.303. The summed E-state index contributed by atoms with van der Waals surface area (Å²) >= 11 is 0. The zero-order chi connectivity index (χ0) is 22.0. The van der Waals surface area contributed by atoms with Gasteiger partial charge in [0.1, 0.15) is 0 Å². The van der Waals surface area contributed by atoms with Crippen molar-refractivity contribution in [3.63, 3.8) is 0 Å². The van der Waals surface area contributed by atoms with Gasteiger partial charge in [-0.3, -0.25) is 4.98 Å². The molecule has 5 nitrogen and oxygen atoms in total. The number of rotatable bonds is 7. The van der Waals surface area contributed by atoms with Crippen molar-refractivity contribution in [2.75, 3.05) is 0 Å². The van der Waals surface area contributed by atoms with E-state index in [1.165, 1.54) is 16.5 Å². The van der Waals surface area contributed by atoms with Crippen LogP contribution in [0.25, 0.3) is 10.8 Å². The Hall–Kier alpha value is -2.43. The summed E-state index contributed by atoms with van der Waals surface area (Å²) in [6.07, 6.45) is 5.84. The molecule has 0 aliphatic heterocycles. The lowest BCUT2D eigenvalue weighted by Gasteiger charge is -2.20. The van der Waals surface area contributed by atoms with Gasteiger partial charge in [0.05, 0.1) is 22.8 Å². The van der Waals surface area contributed by atoms with Gasteiger partial charge in [0.25, 0.3) is 0 Å². The summed E-state index contributed by atoms with van der Waals surface area (Å²) < 4.78 is 0. The van der Waals surface area contributed by atoms with E-state index in [1.54, 1.807) is 0 Å². The number of hydrogen-bond donors (Lipinski definition) is 0. The van der Waals surface area contributed by atoms with Gasteiger partial charge < -0.3 is 0 Å². The Morgan fingerprint density at radius 3 is 1.77 bits per heavy atom. The molecule has 0 aliphatic rings. The minimum atomic E-state index is 0.303. The van der Waals surface area contributed by atoms with E-state index < -0.39 is 0 Å². The van der Waals surface area contributed by atoms with Crippen molar-refractivity contribution in [1.82, 2.24) is 25.4 Å². The van der Waals surface area contributed by atoms with Crippen molar-refractivity contribution in [3.8, 4) is 0 Å². The first-order chi connectivity index (χ1) is 14.2. The average Bonchev–Trinajstić information content (AvgIpc) is 2.72. The molecule has 0 bridgehead atoms. The molecule has 0 amide bonds. The van der Waals surface area contributed by atoms with Gasteiger partial charge in [-0.15, -0.1) is 0 Å². The smallest absolute Gasteiger partial charge is 0.0753 e. The average molecular weight is 406 g/mol. The third-order valence-electron chi connectivity index (χ3n) is 6.29. The molecule has 2 atom stereocenters. The van der Waals surface area contributed by atoms with Crippen molar-refractivity contribution in [1.29, 1.82) is 0 Å². The Balaban J connectivity index is 1.80. The van der Waals surface area contributed by atoms with Crippen LogP contribution in [0.3, 0.4) is 0 Å². The van der Waals surface area contributed by atoms with Crippen molar-refractivity contribution < 1.29 is 0 Å². The molecule has 0 saturated carbocycles. The number of nitrogens with zero attached hydrogens (tertiary/aromatic N) is 5. The Morgan fingerprint density at radius 2 is 1.13 bits per heavy atom. The molecule has 5 heteroatoms. The quantitative estimate of drug-likeness (QED) is 0.457. The number of aromatic nitrogens is 5. The monoisotopic (exact) mass is 405 g/mol. The molecule has 30 heavy (non-hydrogen) atoms. The Bertz CT molecular complexity index is 1030. The van der Waals surface area contributed by atoms with Crippen LogP contribution in [0.1, 0.15) is 112 Å². The van der Waals surface area contributed by atoms with Crippen molar-refractivity contribution in [2.24, 2.45) is 0 Å². The van der Waals surface area contributed by atoms with E-state index in [2.05, 4.69) is 86.8 Å². The minimum Gasteiger partial charge on any atom is -0.264 e.